The van der Waals surface area contributed by atoms with Crippen LogP contribution in [0.4, 0.5) is 0 Å². The van der Waals surface area contributed by atoms with Crippen LogP contribution in [0.2, 0.25) is 0 Å². The summed E-state index contributed by atoms with van der Waals surface area (Å²) in [5.41, 5.74) is 0. The SMILES string of the molecule is O=C1CC2SC(CCl)CN12. The molecule has 2 unspecified atom stereocenters. The fourth-order valence-corrected chi connectivity index (χ4v) is 3.00. The Morgan fingerprint density at radius 1 is 1.80 bits per heavy atom. The van der Waals surface area contributed by atoms with Gasteiger partial charge in [0.25, 0.3) is 0 Å². The van der Waals surface area contributed by atoms with Gasteiger partial charge in [-0.1, -0.05) is 0 Å². The monoisotopic (exact) mass is 177 g/mol. The third kappa shape index (κ3) is 0.839. The quantitative estimate of drug-likeness (QED) is 0.438. The van der Waals surface area contributed by atoms with E-state index in [1.165, 1.54) is 0 Å². The molecule has 0 bridgehead atoms. The van der Waals surface area contributed by atoms with E-state index in [1.54, 1.807) is 0 Å². The average molecular weight is 178 g/mol. The van der Waals surface area contributed by atoms with Gasteiger partial charge < -0.3 is 4.90 Å². The number of hydrogen-bond donors (Lipinski definition) is 0. The maximum absolute atomic E-state index is 10.8. The zero-order valence-electron chi connectivity index (χ0n) is 5.42. The molecule has 2 rings (SSSR count). The van der Waals surface area contributed by atoms with Crippen molar-refractivity contribution >= 4 is 29.3 Å². The summed E-state index contributed by atoms with van der Waals surface area (Å²) in [6, 6.07) is 0. The number of thioether (sulfide) groups is 1. The Morgan fingerprint density at radius 2 is 2.60 bits per heavy atom. The fourth-order valence-electron chi connectivity index (χ4n) is 1.34. The second-order valence-corrected chi connectivity index (χ2v) is 4.41. The third-order valence-electron chi connectivity index (χ3n) is 1.94. The average Bonchev–Trinajstić information content (AvgIpc) is 2.26. The van der Waals surface area contributed by atoms with Crippen molar-refractivity contribution in [3.05, 3.63) is 0 Å². The van der Waals surface area contributed by atoms with Crippen LogP contribution in [0, 0.1) is 0 Å². The van der Waals surface area contributed by atoms with Crippen molar-refractivity contribution in [2.75, 3.05) is 12.4 Å². The molecule has 0 aromatic rings. The lowest BCUT2D eigenvalue weighted by molar-refractivity contribution is -0.140. The molecule has 2 saturated heterocycles. The number of β-lactam (4-membered cyclic amide) rings is 1. The summed E-state index contributed by atoms with van der Waals surface area (Å²) in [7, 11) is 0. The lowest BCUT2D eigenvalue weighted by atomic mass is 10.2. The number of alkyl halides is 1. The summed E-state index contributed by atoms with van der Waals surface area (Å²) < 4.78 is 0. The van der Waals surface area contributed by atoms with Crippen LogP contribution >= 0.6 is 23.4 Å². The van der Waals surface area contributed by atoms with Crippen LogP contribution in [-0.4, -0.2) is 33.9 Å². The molecule has 4 heteroatoms. The molecule has 0 aromatic heterocycles. The zero-order chi connectivity index (χ0) is 7.14. The van der Waals surface area contributed by atoms with Crippen LogP contribution in [0.1, 0.15) is 6.42 Å². The summed E-state index contributed by atoms with van der Waals surface area (Å²) in [6.45, 7) is 0.873. The Balaban J connectivity index is 1.99. The van der Waals surface area contributed by atoms with Crippen LogP contribution in [0.15, 0.2) is 0 Å². The van der Waals surface area contributed by atoms with Gasteiger partial charge in [-0.15, -0.1) is 23.4 Å². The number of carbonyl (C=O) groups excluding carboxylic acids is 1. The van der Waals surface area contributed by atoms with E-state index in [1.807, 2.05) is 16.7 Å². The van der Waals surface area contributed by atoms with Gasteiger partial charge >= 0.3 is 0 Å². The molecule has 0 N–H and O–H groups in total. The second-order valence-electron chi connectivity index (χ2n) is 2.62. The van der Waals surface area contributed by atoms with Crippen molar-refractivity contribution in [2.24, 2.45) is 0 Å². The Labute approximate surface area is 68.9 Å². The van der Waals surface area contributed by atoms with Gasteiger partial charge in [0.1, 0.15) is 0 Å². The maximum atomic E-state index is 10.8. The highest BCUT2D eigenvalue weighted by Crippen LogP contribution is 2.39. The normalized spacial score (nSPS) is 37.7. The molecule has 2 aliphatic heterocycles. The molecule has 0 saturated carbocycles. The molecule has 56 valence electrons. The van der Waals surface area contributed by atoms with Gasteiger partial charge in [0.05, 0.1) is 11.8 Å². The Morgan fingerprint density at radius 3 is 3.10 bits per heavy atom. The molecule has 2 nitrogen and oxygen atoms in total. The minimum atomic E-state index is 0.296. The van der Waals surface area contributed by atoms with Crippen molar-refractivity contribution in [3.8, 4) is 0 Å². The van der Waals surface area contributed by atoms with Gasteiger partial charge in [0.15, 0.2) is 0 Å². The number of carbonyl (C=O) groups is 1. The number of halogens is 1. The molecule has 2 fully saturated rings. The zero-order valence-corrected chi connectivity index (χ0v) is 6.99. The molecular weight excluding hydrogens is 170 g/mol. The molecule has 1 amide bonds. The maximum Gasteiger partial charge on any atom is 0.226 e. The first-order valence-electron chi connectivity index (χ1n) is 3.32. The van der Waals surface area contributed by atoms with Gasteiger partial charge in [0, 0.05) is 17.7 Å². The van der Waals surface area contributed by atoms with Crippen molar-refractivity contribution in [1.29, 1.82) is 0 Å². The van der Waals surface area contributed by atoms with E-state index < -0.39 is 0 Å². The molecule has 0 spiro atoms. The molecule has 0 aliphatic carbocycles. The van der Waals surface area contributed by atoms with E-state index in [4.69, 9.17) is 11.6 Å². The third-order valence-corrected chi connectivity index (χ3v) is 3.93. The van der Waals surface area contributed by atoms with Crippen molar-refractivity contribution in [3.63, 3.8) is 0 Å². The highest BCUT2D eigenvalue weighted by molar-refractivity contribution is 8.01. The highest BCUT2D eigenvalue weighted by atomic mass is 35.5. The summed E-state index contributed by atoms with van der Waals surface area (Å²) in [5, 5.41) is 0.953. The number of nitrogens with zero attached hydrogens (tertiary/aromatic N) is 1. The van der Waals surface area contributed by atoms with E-state index in [-0.39, 0.29) is 0 Å². The predicted molar refractivity (Wildman–Crippen MR) is 42.2 cm³/mol. The van der Waals surface area contributed by atoms with Gasteiger partial charge in [-0.25, -0.2) is 0 Å². The van der Waals surface area contributed by atoms with E-state index in [2.05, 4.69) is 0 Å². The van der Waals surface area contributed by atoms with Crippen LogP contribution in [0.25, 0.3) is 0 Å². The highest BCUT2D eigenvalue weighted by Gasteiger charge is 2.44. The summed E-state index contributed by atoms with van der Waals surface area (Å²) >= 11 is 7.49. The number of fused-ring (bicyclic) bond motifs is 1. The van der Waals surface area contributed by atoms with Gasteiger partial charge in [0.2, 0.25) is 5.91 Å². The van der Waals surface area contributed by atoms with E-state index >= 15 is 0 Å². The molecule has 2 atom stereocenters. The standard InChI is InChI=1S/C6H8ClNOS/c7-2-4-3-8-5(9)1-6(8)10-4/h4,6H,1-3H2. The number of hydrogen-bond acceptors (Lipinski definition) is 2. The largest absolute Gasteiger partial charge is 0.329 e. The van der Waals surface area contributed by atoms with Crippen molar-refractivity contribution in [2.45, 2.75) is 17.0 Å². The Hall–Kier alpha value is 0.110. The summed E-state index contributed by atoms with van der Waals surface area (Å²) in [6.07, 6.45) is 0.734. The molecule has 0 radical (unpaired) electrons. The van der Waals surface area contributed by atoms with Crippen LogP contribution in [0.5, 0.6) is 0 Å². The van der Waals surface area contributed by atoms with Crippen LogP contribution in [0.3, 0.4) is 0 Å². The Kier molecular flexibility index (Phi) is 1.57. The van der Waals surface area contributed by atoms with Crippen LogP contribution in [-0.2, 0) is 4.79 Å². The van der Waals surface area contributed by atoms with E-state index in [9.17, 15) is 4.79 Å². The number of rotatable bonds is 1. The van der Waals surface area contributed by atoms with Crippen molar-refractivity contribution < 1.29 is 4.79 Å². The summed E-state index contributed by atoms with van der Waals surface area (Å²) in [5.74, 6) is 0.968. The van der Waals surface area contributed by atoms with Gasteiger partial charge in [-0.3, -0.25) is 4.79 Å². The smallest absolute Gasteiger partial charge is 0.226 e. The van der Waals surface area contributed by atoms with Gasteiger partial charge in [-0.05, 0) is 0 Å². The lowest BCUT2D eigenvalue weighted by Crippen LogP contribution is -2.47. The second kappa shape index (κ2) is 2.31. The minimum absolute atomic E-state index is 0.296. The first kappa shape index (κ1) is 6.80. The fraction of sp³-hybridized carbons (Fsp3) is 0.833. The predicted octanol–water partition coefficient (Wildman–Crippen LogP) is 0.899. The van der Waals surface area contributed by atoms with Crippen molar-refractivity contribution in [1.82, 2.24) is 4.90 Å². The molecule has 0 aromatic carbocycles. The first-order valence-corrected chi connectivity index (χ1v) is 4.80. The topological polar surface area (TPSA) is 20.3 Å². The summed E-state index contributed by atoms with van der Waals surface area (Å²) in [4.78, 5) is 12.8. The Bertz CT molecular complexity index is 175. The molecule has 10 heavy (non-hydrogen) atoms. The molecule has 2 heterocycles. The van der Waals surface area contributed by atoms with Crippen LogP contribution < -0.4 is 0 Å². The number of amides is 1. The van der Waals surface area contributed by atoms with Gasteiger partial charge in [-0.2, -0.15) is 0 Å². The van der Waals surface area contributed by atoms with E-state index in [0.29, 0.717) is 22.4 Å². The minimum Gasteiger partial charge on any atom is -0.329 e. The molecule has 2 aliphatic rings. The lowest BCUT2D eigenvalue weighted by Gasteiger charge is -2.32. The van der Waals surface area contributed by atoms with E-state index in [0.717, 1.165) is 13.0 Å². The molecular formula is C6H8ClNOS. The first-order chi connectivity index (χ1) is 4.81.